The van der Waals surface area contributed by atoms with Gasteiger partial charge in [0.25, 0.3) is 0 Å². The van der Waals surface area contributed by atoms with Crippen molar-refractivity contribution in [2.45, 2.75) is 32.9 Å². The van der Waals surface area contributed by atoms with E-state index in [9.17, 15) is 22.4 Å². The van der Waals surface area contributed by atoms with Gasteiger partial charge in [0.05, 0.1) is 19.1 Å². The topological polar surface area (TPSA) is 96.0 Å². The monoisotopic (exact) mass is 479 g/mol. The number of halogens is 1. The molecule has 1 unspecified atom stereocenters. The number of carbonyl (C=O) groups is 2. The SMILES string of the molecule is CCCNC(=O)C(C)N(Cc1ccc(OC)cc1)C(=O)CN(c1ccccc1F)S(C)(=O)=O. The van der Waals surface area contributed by atoms with Gasteiger partial charge in [0.1, 0.15) is 24.2 Å². The van der Waals surface area contributed by atoms with Gasteiger partial charge in [-0.2, -0.15) is 0 Å². The van der Waals surface area contributed by atoms with Crippen molar-refractivity contribution in [3.05, 3.63) is 59.9 Å². The highest BCUT2D eigenvalue weighted by molar-refractivity contribution is 7.92. The maximum absolute atomic E-state index is 14.4. The molecule has 0 aliphatic carbocycles. The van der Waals surface area contributed by atoms with Crippen LogP contribution in [0.25, 0.3) is 0 Å². The molecule has 1 N–H and O–H groups in total. The maximum Gasteiger partial charge on any atom is 0.244 e. The van der Waals surface area contributed by atoms with Crippen LogP contribution in [0.3, 0.4) is 0 Å². The van der Waals surface area contributed by atoms with E-state index < -0.39 is 34.3 Å². The van der Waals surface area contributed by atoms with Crippen LogP contribution in [-0.2, 0) is 26.2 Å². The first-order valence-corrected chi connectivity index (χ1v) is 12.4. The predicted molar refractivity (Wildman–Crippen MR) is 125 cm³/mol. The summed E-state index contributed by atoms with van der Waals surface area (Å²) in [5.41, 5.74) is 0.483. The molecule has 1 atom stereocenters. The van der Waals surface area contributed by atoms with Crippen molar-refractivity contribution in [2.24, 2.45) is 0 Å². The van der Waals surface area contributed by atoms with Crippen LogP contribution in [0.2, 0.25) is 0 Å². The van der Waals surface area contributed by atoms with Gasteiger partial charge < -0.3 is 15.0 Å². The van der Waals surface area contributed by atoms with Crippen LogP contribution in [0.1, 0.15) is 25.8 Å². The molecule has 0 saturated carbocycles. The normalized spacial score (nSPS) is 12.0. The Morgan fingerprint density at radius 2 is 1.76 bits per heavy atom. The lowest BCUT2D eigenvalue weighted by Crippen LogP contribution is -2.51. The van der Waals surface area contributed by atoms with E-state index in [0.717, 1.165) is 24.3 Å². The Morgan fingerprint density at radius 3 is 2.30 bits per heavy atom. The molecule has 33 heavy (non-hydrogen) atoms. The zero-order valence-electron chi connectivity index (χ0n) is 19.2. The van der Waals surface area contributed by atoms with Crippen LogP contribution in [0.15, 0.2) is 48.5 Å². The number of nitrogens with one attached hydrogen (secondary N) is 1. The maximum atomic E-state index is 14.4. The summed E-state index contributed by atoms with van der Waals surface area (Å²) in [5, 5.41) is 2.75. The van der Waals surface area contributed by atoms with Crippen LogP contribution in [0.4, 0.5) is 10.1 Å². The number of anilines is 1. The molecule has 8 nitrogen and oxygen atoms in total. The second-order valence-electron chi connectivity index (χ2n) is 7.56. The zero-order chi connectivity index (χ0) is 24.6. The zero-order valence-corrected chi connectivity index (χ0v) is 20.1. The molecule has 0 saturated heterocycles. The molecule has 0 heterocycles. The molecular formula is C23H30FN3O5S. The molecule has 0 fully saturated rings. The van der Waals surface area contributed by atoms with Gasteiger partial charge >= 0.3 is 0 Å². The molecule has 0 radical (unpaired) electrons. The van der Waals surface area contributed by atoms with E-state index in [4.69, 9.17) is 4.74 Å². The quantitative estimate of drug-likeness (QED) is 0.534. The van der Waals surface area contributed by atoms with E-state index in [1.807, 2.05) is 6.92 Å². The van der Waals surface area contributed by atoms with Crippen molar-refractivity contribution in [2.75, 3.05) is 30.8 Å². The summed E-state index contributed by atoms with van der Waals surface area (Å²) < 4.78 is 45.0. The van der Waals surface area contributed by atoms with Crippen LogP contribution in [0, 0.1) is 5.82 Å². The van der Waals surface area contributed by atoms with Crippen molar-refractivity contribution in [3.63, 3.8) is 0 Å². The van der Waals surface area contributed by atoms with Gasteiger partial charge in [-0.1, -0.05) is 31.2 Å². The number of rotatable bonds is 11. The van der Waals surface area contributed by atoms with Gasteiger partial charge in [0.2, 0.25) is 21.8 Å². The molecule has 2 rings (SSSR count). The average Bonchev–Trinajstić information content (AvgIpc) is 2.79. The Balaban J connectivity index is 2.37. The Kier molecular flexibility index (Phi) is 9.22. The van der Waals surface area contributed by atoms with E-state index in [-0.39, 0.29) is 18.1 Å². The lowest BCUT2D eigenvalue weighted by molar-refractivity contribution is -0.139. The van der Waals surface area contributed by atoms with Crippen molar-refractivity contribution in [1.29, 1.82) is 0 Å². The Morgan fingerprint density at radius 1 is 1.12 bits per heavy atom. The Labute approximate surface area is 194 Å². The number of para-hydroxylation sites is 1. The van der Waals surface area contributed by atoms with E-state index in [2.05, 4.69) is 5.32 Å². The molecule has 0 aromatic heterocycles. The van der Waals surface area contributed by atoms with Crippen LogP contribution in [0.5, 0.6) is 5.75 Å². The van der Waals surface area contributed by atoms with Crippen LogP contribution >= 0.6 is 0 Å². The highest BCUT2D eigenvalue weighted by atomic mass is 32.2. The van der Waals surface area contributed by atoms with E-state index >= 15 is 0 Å². The standard InChI is InChI=1S/C23H30FN3O5S/c1-5-14-25-23(29)17(2)26(15-18-10-12-19(32-3)13-11-18)22(28)16-27(33(4,30)31)21-9-7-6-8-20(21)24/h6-13,17H,5,14-16H2,1-4H3,(H,25,29). The number of carbonyl (C=O) groups excluding carboxylic acids is 2. The van der Waals surface area contributed by atoms with Crippen LogP contribution < -0.4 is 14.4 Å². The summed E-state index contributed by atoms with van der Waals surface area (Å²) in [5.74, 6) is -1.14. The smallest absolute Gasteiger partial charge is 0.244 e. The van der Waals surface area contributed by atoms with Crippen LogP contribution in [-0.4, -0.2) is 57.6 Å². The fraction of sp³-hybridized carbons (Fsp3) is 0.391. The first kappa shape index (κ1) is 26.1. The number of nitrogens with zero attached hydrogens (tertiary/aromatic N) is 2. The largest absolute Gasteiger partial charge is 0.497 e. The highest BCUT2D eigenvalue weighted by Gasteiger charge is 2.30. The summed E-state index contributed by atoms with van der Waals surface area (Å²) in [7, 11) is -2.45. The third-order valence-corrected chi connectivity index (χ3v) is 6.16. The molecule has 2 amide bonds. The van der Waals surface area contributed by atoms with Gasteiger partial charge in [-0.25, -0.2) is 12.8 Å². The molecule has 0 aliphatic rings. The fourth-order valence-corrected chi connectivity index (χ4v) is 4.01. The molecule has 0 spiro atoms. The fourth-order valence-electron chi connectivity index (χ4n) is 3.15. The van der Waals surface area contributed by atoms with Gasteiger partial charge in [-0.3, -0.25) is 13.9 Å². The number of benzene rings is 2. The minimum atomic E-state index is -3.98. The third-order valence-electron chi connectivity index (χ3n) is 5.03. The van der Waals surface area contributed by atoms with Crippen molar-refractivity contribution in [1.82, 2.24) is 10.2 Å². The van der Waals surface area contributed by atoms with Crippen molar-refractivity contribution >= 4 is 27.5 Å². The predicted octanol–water partition coefficient (Wildman–Crippen LogP) is 2.54. The number of amides is 2. The lowest BCUT2D eigenvalue weighted by atomic mass is 10.1. The Bertz CT molecular complexity index is 1060. The minimum absolute atomic E-state index is 0.0540. The molecule has 10 heteroatoms. The average molecular weight is 480 g/mol. The summed E-state index contributed by atoms with van der Waals surface area (Å²) in [4.78, 5) is 27.2. The van der Waals surface area contributed by atoms with Crippen molar-refractivity contribution < 1.29 is 27.1 Å². The number of hydrogen-bond donors (Lipinski definition) is 1. The van der Waals surface area contributed by atoms with Crippen molar-refractivity contribution in [3.8, 4) is 5.75 Å². The van der Waals surface area contributed by atoms with E-state index in [0.29, 0.717) is 16.6 Å². The lowest BCUT2D eigenvalue weighted by Gasteiger charge is -2.31. The number of ether oxygens (including phenoxy) is 1. The molecule has 2 aromatic carbocycles. The van der Waals surface area contributed by atoms with E-state index in [1.54, 1.807) is 31.2 Å². The van der Waals surface area contributed by atoms with Gasteiger partial charge in [0, 0.05) is 13.1 Å². The first-order valence-electron chi connectivity index (χ1n) is 10.5. The second-order valence-corrected chi connectivity index (χ2v) is 9.46. The molecule has 2 aromatic rings. The van der Waals surface area contributed by atoms with Gasteiger partial charge in [-0.05, 0) is 43.2 Å². The van der Waals surface area contributed by atoms with E-state index in [1.165, 1.54) is 30.2 Å². The molecule has 180 valence electrons. The Hall–Kier alpha value is -3.14. The third kappa shape index (κ3) is 7.18. The summed E-state index contributed by atoms with van der Waals surface area (Å²) in [6.45, 7) is 3.32. The highest BCUT2D eigenvalue weighted by Crippen LogP contribution is 2.22. The summed E-state index contributed by atoms with van der Waals surface area (Å²) >= 11 is 0. The second kappa shape index (κ2) is 11.6. The minimum Gasteiger partial charge on any atom is -0.497 e. The molecular weight excluding hydrogens is 449 g/mol. The summed E-state index contributed by atoms with van der Waals surface area (Å²) in [6.07, 6.45) is 1.62. The number of methoxy groups -OCH3 is 1. The molecule has 0 aliphatic heterocycles. The first-order chi connectivity index (χ1) is 15.6. The summed E-state index contributed by atoms with van der Waals surface area (Å²) in [6, 6.07) is 11.4. The number of sulfonamides is 1. The van der Waals surface area contributed by atoms with Gasteiger partial charge in [-0.15, -0.1) is 0 Å². The van der Waals surface area contributed by atoms with Gasteiger partial charge in [0.15, 0.2) is 0 Å². The number of hydrogen-bond acceptors (Lipinski definition) is 5. The molecule has 0 bridgehead atoms.